The maximum Gasteiger partial charge on any atom is 0.0467 e. The lowest BCUT2D eigenvalue weighted by atomic mass is 9.58. The molecule has 0 saturated carbocycles. The molecule has 3 aliphatic carbocycles. The van der Waals surface area contributed by atoms with Crippen LogP contribution in [0, 0.1) is 11.8 Å². The second-order valence-electron chi connectivity index (χ2n) is 18.0. The molecule has 12 rings (SSSR count). The van der Waals surface area contributed by atoms with Crippen LogP contribution in [0.4, 0.5) is 17.1 Å². The molecule has 314 valence electrons. The molecule has 9 aromatic carbocycles. The first-order chi connectivity index (χ1) is 32.7. The number of nitrogens with zero attached hydrogens (tertiary/aromatic N) is 1. The number of hydrogen-bond acceptors (Lipinski definition) is 1. The highest BCUT2D eigenvalue weighted by Crippen LogP contribution is 2.62. The van der Waals surface area contributed by atoms with Gasteiger partial charge in [-0.15, -0.1) is 0 Å². The van der Waals surface area contributed by atoms with Crippen molar-refractivity contribution in [2.45, 2.75) is 17.8 Å². The lowest BCUT2D eigenvalue weighted by Gasteiger charge is -2.44. The molecule has 4 unspecified atom stereocenters. The van der Waals surface area contributed by atoms with E-state index < -0.39 is 0 Å². The molecule has 0 heterocycles. The van der Waals surface area contributed by atoms with Crippen LogP contribution >= 0.6 is 0 Å². The SMILES string of the molecule is C1=CCC(C2(c3ccccc3)c3cc(N(c4ccc(-c5cccc(-c6ccc7ccccc7c6)c5)cc4)c4cccc(-c5ccc(-c6ccccc6)cc5)c4)ccc3C3C=CC=CC32)C=C1. The molecule has 0 saturated heterocycles. The van der Waals surface area contributed by atoms with E-state index >= 15 is 0 Å². The van der Waals surface area contributed by atoms with E-state index in [2.05, 4.69) is 272 Å². The Morgan fingerprint density at radius 2 is 0.909 bits per heavy atom. The Balaban J connectivity index is 0.987. The fourth-order valence-electron chi connectivity index (χ4n) is 11.3. The van der Waals surface area contributed by atoms with Crippen LogP contribution in [0.15, 0.2) is 267 Å². The van der Waals surface area contributed by atoms with Crippen molar-refractivity contribution in [3.8, 4) is 44.5 Å². The van der Waals surface area contributed by atoms with Crippen LogP contribution in [-0.2, 0) is 5.41 Å². The molecule has 3 aliphatic rings. The Kier molecular flexibility index (Phi) is 10.1. The van der Waals surface area contributed by atoms with Crippen molar-refractivity contribution in [3.05, 3.63) is 284 Å². The van der Waals surface area contributed by atoms with Gasteiger partial charge in [-0.05, 0) is 133 Å². The van der Waals surface area contributed by atoms with Gasteiger partial charge in [0.05, 0.1) is 0 Å². The highest BCUT2D eigenvalue weighted by molar-refractivity contribution is 5.88. The molecule has 9 aromatic rings. The number of anilines is 3. The van der Waals surface area contributed by atoms with Crippen molar-refractivity contribution in [2.75, 3.05) is 4.90 Å². The summed E-state index contributed by atoms with van der Waals surface area (Å²) < 4.78 is 0. The van der Waals surface area contributed by atoms with Crippen LogP contribution < -0.4 is 4.90 Å². The Bertz CT molecular complexity index is 3340. The molecule has 1 heteroatoms. The molecular weight excluding hydrogens is 795 g/mol. The highest BCUT2D eigenvalue weighted by Gasteiger charge is 2.55. The van der Waals surface area contributed by atoms with Gasteiger partial charge >= 0.3 is 0 Å². The minimum atomic E-state index is -0.256. The smallest absolute Gasteiger partial charge is 0.0467 e. The first-order valence-electron chi connectivity index (χ1n) is 23.3. The number of benzene rings is 9. The Morgan fingerprint density at radius 3 is 1.67 bits per heavy atom. The fourth-order valence-corrected chi connectivity index (χ4v) is 11.3. The lowest BCUT2D eigenvalue weighted by molar-refractivity contribution is 0.301. The number of allylic oxidation sites excluding steroid dienone is 8. The van der Waals surface area contributed by atoms with Crippen LogP contribution in [0.2, 0.25) is 0 Å². The quantitative estimate of drug-likeness (QED) is 0.140. The van der Waals surface area contributed by atoms with E-state index in [0.717, 1.165) is 23.5 Å². The molecule has 0 amide bonds. The minimum Gasteiger partial charge on any atom is -0.310 e. The van der Waals surface area contributed by atoms with Crippen molar-refractivity contribution in [3.63, 3.8) is 0 Å². The summed E-state index contributed by atoms with van der Waals surface area (Å²) in [5.41, 5.74) is 17.0. The Labute approximate surface area is 388 Å². The molecule has 0 spiro atoms. The van der Waals surface area contributed by atoms with Crippen LogP contribution in [0.25, 0.3) is 55.3 Å². The number of rotatable bonds is 9. The van der Waals surface area contributed by atoms with Gasteiger partial charge in [-0.25, -0.2) is 0 Å². The van der Waals surface area contributed by atoms with Crippen molar-refractivity contribution in [1.82, 2.24) is 0 Å². The average molecular weight is 844 g/mol. The minimum absolute atomic E-state index is 0.256. The summed E-state index contributed by atoms with van der Waals surface area (Å²) in [5, 5.41) is 2.51. The van der Waals surface area contributed by atoms with Gasteiger partial charge in [-0.2, -0.15) is 0 Å². The summed E-state index contributed by atoms with van der Waals surface area (Å²) in [7, 11) is 0. The summed E-state index contributed by atoms with van der Waals surface area (Å²) in [6.45, 7) is 0. The molecule has 66 heavy (non-hydrogen) atoms. The van der Waals surface area contributed by atoms with Crippen molar-refractivity contribution >= 4 is 27.8 Å². The van der Waals surface area contributed by atoms with E-state index in [9.17, 15) is 0 Å². The summed E-state index contributed by atoms with van der Waals surface area (Å²) in [4.78, 5) is 2.47. The third-order valence-electron chi connectivity index (χ3n) is 14.4. The normalized spacial score (nSPS) is 19.1. The largest absolute Gasteiger partial charge is 0.310 e. The third-order valence-corrected chi connectivity index (χ3v) is 14.4. The van der Waals surface area contributed by atoms with E-state index in [0.29, 0.717) is 11.8 Å². The zero-order valence-electron chi connectivity index (χ0n) is 36.8. The Morgan fingerprint density at radius 1 is 0.364 bits per heavy atom. The summed E-state index contributed by atoms with van der Waals surface area (Å²) in [6, 6.07) is 80.8. The molecule has 0 aromatic heterocycles. The topological polar surface area (TPSA) is 3.24 Å². The second kappa shape index (κ2) is 16.8. The van der Waals surface area contributed by atoms with Crippen molar-refractivity contribution < 1.29 is 0 Å². The van der Waals surface area contributed by atoms with E-state index in [1.807, 2.05) is 0 Å². The lowest BCUT2D eigenvalue weighted by Crippen LogP contribution is -2.40. The van der Waals surface area contributed by atoms with Crippen LogP contribution in [0.1, 0.15) is 29.0 Å². The highest BCUT2D eigenvalue weighted by atomic mass is 15.1. The van der Waals surface area contributed by atoms with E-state index in [1.165, 1.54) is 72.0 Å². The van der Waals surface area contributed by atoms with Crippen molar-refractivity contribution in [2.24, 2.45) is 11.8 Å². The van der Waals surface area contributed by atoms with Gasteiger partial charge in [-0.1, -0.05) is 218 Å². The zero-order valence-corrected chi connectivity index (χ0v) is 36.8. The van der Waals surface area contributed by atoms with E-state index in [1.54, 1.807) is 0 Å². The van der Waals surface area contributed by atoms with E-state index in [4.69, 9.17) is 0 Å². The maximum atomic E-state index is 2.54. The van der Waals surface area contributed by atoms with Gasteiger partial charge in [0.25, 0.3) is 0 Å². The van der Waals surface area contributed by atoms with Gasteiger partial charge in [0, 0.05) is 34.3 Å². The van der Waals surface area contributed by atoms with E-state index in [-0.39, 0.29) is 11.3 Å². The maximum absolute atomic E-state index is 2.54. The predicted octanol–water partition coefficient (Wildman–Crippen LogP) is 17.2. The van der Waals surface area contributed by atoms with Crippen LogP contribution in [-0.4, -0.2) is 0 Å². The van der Waals surface area contributed by atoms with Gasteiger partial charge in [0.15, 0.2) is 0 Å². The summed E-state index contributed by atoms with van der Waals surface area (Å²) in [5.74, 6) is 0.876. The van der Waals surface area contributed by atoms with Crippen molar-refractivity contribution in [1.29, 1.82) is 0 Å². The molecule has 0 fully saturated rings. The van der Waals surface area contributed by atoms with Gasteiger partial charge in [0.1, 0.15) is 0 Å². The summed E-state index contributed by atoms with van der Waals surface area (Å²) >= 11 is 0. The number of fused-ring (bicyclic) bond motifs is 4. The summed E-state index contributed by atoms with van der Waals surface area (Å²) in [6.07, 6.45) is 19.7. The molecule has 4 atom stereocenters. The molecule has 0 bridgehead atoms. The third kappa shape index (κ3) is 6.96. The fraction of sp³-hybridized carbons (Fsp3) is 0.0769. The second-order valence-corrected chi connectivity index (χ2v) is 18.0. The van der Waals surface area contributed by atoms with Crippen LogP contribution in [0.5, 0.6) is 0 Å². The molecule has 0 aliphatic heterocycles. The first kappa shape index (κ1) is 39.6. The monoisotopic (exact) mass is 843 g/mol. The standard InChI is InChI=1S/C65H49N/c1-4-16-46(17-5-1)48-30-32-49(33-31-48)54-22-15-27-59(44-54)66(58-38-36-50(37-39-58)52-20-14-21-53(42-52)55-35-34-47-18-10-11-19-51(47)43-55)60-40-41-62-61-28-12-13-29-63(61)65(64(62)45-60,56-23-6-2-7-24-56)57-25-8-3-9-26-57/h1-25,27-45,57,61,63H,26H2. The molecule has 1 nitrogen and oxygen atoms in total. The molecule has 0 N–H and O–H groups in total. The van der Waals surface area contributed by atoms with Crippen LogP contribution in [0.3, 0.4) is 0 Å². The van der Waals surface area contributed by atoms with Gasteiger partial charge < -0.3 is 4.90 Å². The molecule has 0 radical (unpaired) electrons. The molecular formula is C65H49N. The zero-order chi connectivity index (χ0) is 43.9. The first-order valence-corrected chi connectivity index (χ1v) is 23.3. The van der Waals surface area contributed by atoms with Gasteiger partial charge in [-0.3, -0.25) is 0 Å². The Hall–Kier alpha value is -8.00. The number of hydrogen-bond donors (Lipinski definition) is 0. The average Bonchev–Trinajstić information content (AvgIpc) is 3.70. The van der Waals surface area contributed by atoms with Gasteiger partial charge in [0.2, 0.25) is 0 Å². The predicted molar refractivity (Wildman–Crippen MR) is 278 cm³/mol.